The molecule has 20 heavy (non-hydrogen) atoms. The predicted octanol–water partition coefficient (Wildman–Crippen LogP) is 1.46. The summed E-state index contributed by atoms with van der Waals surface area (Å²) in [7, 11) is -3.44. The normalized spacial score (nSPS) is 27.1. The topological polar surface area (TPSA) is 67.4 Å². The first-order valence-corrected chi connectivity index (χ1v) is 9.26. The summed E-state index contributed by atoms with van der Waals surface area (Å²) < 4.78 is 33.2. The Hall–Kier alpha value is -0.470. The molecule has 1 aliphatic carbocycles. The molecular weight excluding hydrogens is 296 g/mol. The Morgan fingerprint density at radius 2 is 2.30 bits per heavy atom. The number of rotatable bonds is 6. The molecule has 2 aliphatic rings. The van der Waals surface area contributed by atoms with Crippen molar-refractivity contribution >= 4 is 21.4 Å². The van der Waals surface area contributed by atoms with Crippen molar-refractivity contribution in [3.8, 4) is 0 Å². The van der Waals surface area contributed by atoms with Crippen molar-refractivity contribution in [1.82, 2.24) is 10.0 Å². The molecule has 5 nitrogen and oxygen atoms in total. The monoisotopic (exact) mass is 316 g/mol. The largest absolute Gasteiger partial charge is 0.379 e. The minimum atomic E-state index is -3.44. The average Bonchev–Trinajstić information content (AvgIpc) is 2.90. The van der Waals surface area contributed by atoms with Crippen molar-refractivity contribution in [3.05, 3.63) is 17.0 Å². The fraction of sp³-hybridized carbons (Fsp3) is 0.692. The molecule has 7 heteroatoms. The molecule has 1 saturated heterocycles. The van der Waals surface area contributed by atoms with Gasteiger partial charge in [0.2, 0.25) is 0 Å². The molecule has 1 aliphatic heterocycles. The summed E-state index contributed by atoms with van der Waals surface area (Å²) in [5.74, 6) is 0. The highest BCUT2D eigenvalue weighted by Crippen LogP contribution is 2.26. The van der Waals surface area contributed by atoms with Crippen molar-refractivity contribution in [2.75, 3.05) is 13.2 Å². The van der Waals surface area contributed by atoms with Crippen LogP contribution in [0.15, 0.2) is 15.7 Å². The molecule has 1 atom stereocenters. The summed E-state index contributed by atoms with van der Waals surface area (Å²) in [6.07, 6.45) is 3.18. The van der Waals surface area contributed by atoms with Gasteiger partial charge in [0, 0.05) is 19.2 Å². The van der Waals surface area contributed by atoms with Gasteiger partial charge in [-0.1, -0.05) is 0 Å². The van der Waals surface area contributed by atoms with E-state index in [1.807, 2.05) is 12.3 Å². The maximum atomic E-state index is 12.4. The van der Waals surface area contributed by atoms with Crippen LogP contribution in [0.3, 0.4) is 0 Å². The van der Waals surface area contributed by atoms with E-state index < -0.39 is 15.6 Å². The molecule has 0 bridgehead atoms. The van der Waals surface area contributed by atoms with Crippen LogP contribution in [0, 0.1) is 0 Å². The van der Waals surface area contributed by atoms with Gasteiger partial charge in [-0.05, 0) is 43.2 Å². The van der Waals surface area contributed by atoms with E-state index in [0.717, 1.165) is 12.1 Å². The lowest BCUT2D eigenvalue weighted by Crippen LogP contribution is -2.46. The molecule has 1 unspecified atom stereocenters. The molecule has 1 aromatic rings. The zero-order valence-electron chi connectivity index (χ0n) is 11.5. The van der Waals surface area contributed by atoms with Gasteiger partial charge < -0.3 is 10.1 Å². The SMILES string of the molecule is CC1(NS(=O)(=O)c2cc(CNC3CC3)cs2)CCOC1. The summed E-state index contributed by atoms with van der Waals surface area (Å²) in [5.41, 5.74) is 0.560. The number of ether oxygens (including phenoxy) is 1. The molecule has 0 spiro atoms. The van der Waals surface area contributed by atoms with Crippen molar-refractivity contribution in [2.24, 2.45) is 0 Å². The van der Waals surface area contributed by atoms with Gasteiger partial charge in [0.15, 0.2) is 0 Å². The summed E-state index contributed by atoms with van der Waals surface area (Å²) in [5, 5.41) is 5.30. The molecule has 2 heterocycles. The highest BCUT2D eigenvalue weighted by atomic mass is 32.2. The Morgan fingerprint density at radius 3 is 2.95 bits per heavy atom. The van der Waals surface area contributed by atoms with Gasteiger partial charge in [0.25, 0.3) is 10.0 Å². The van der Waals surface area contributed by atoms with E-state index in [1.54, 1.807) is 6.07 Å². The number of thiophene rings is 1. The fourth-order valence-corrected chi connectivity index (χ4v) is 4.89. The van der Waals surface area contributed by atoms with Gasteiger partial charge in [-0.2, -0.15) is 0 Å². The Balaban J connectivity index is 1.66. The molecule has 2 N–H and O–H groups in total. The van der Waals surface area contributed by atoms with Crippen LogP contribution in [-0.2, 0) is 21.3 Å². The zero-order chi connectivity index (χ0) is 14.2. The zero-order valence-corrected chi connectivity index (χ0v) is 13.1. The summed E-state index contributed by atoms with van der Waals surface area (Å²) >= 11 is 1.28. The minimum Gasteiger partial charge on any atom is -0.379 e. The maximum absolute atomic E-state index is 12.4. The van der Waals surface area contributed by atoms with Gasteiger partial charge in [0.1, 0.15) is 4.21 Å². The predicted molar refractivity (Wildman–Crippen MR) is 78.3 cm³/mol. The summed E-state index contributed by atoms with van der Waals surface area (Å²) in [6, 6.07) is 2.39. The standard InChI is InChI=1S/C13H20N2O3S2/c1-13(4-5-18-9-13)15-20(16,17)12-6-10(8-19-12)7-14-11-2-3-11/h6,8,11,14-15H,2-5,7,9H2,1H3. The van der Waals surface area contributed by atoms with E-state index in [1.165, 1.54) is 24.2 Å². The lowest BCUT2D eigenvalue weighted by atomic mass is 10.0. The van der Waals surface area contributed by atoms with Crippen LogP contribution in [-0.4, -0.2) is 33.2 Å². The number of hydrogen-bond acceptors (Lipinski definition) is 5. The van der Waals surface area contributed by atoms with Crippen LogP contribution in [0.25, 0.3) is 0 Å². The number of nitrogens with one attached hydrogen (secondary N) is 2. The van der Waals surface area contributed by atoms with Crippen molar-refractivity contribution in [3.63, 3.8) is 0 Å². The molecular formula is C13H20N2O3S2. The van der Waals surface area contributed by atoms with Crippen LogP contribution in [0.4, 0.5) is 0 Å². The van der Waals surface area contributed by atoms with Gasteiger partial charge >= 0.3 is 0 Å². The lowest BCUT2D eigenvalue weighted by Gasteiger charge is -2.22. The third-order valence-electron chi connectivity index (χ3n) is 3.67. The van der Waals surface area contributed by atoms with Gasteiger partial charge in [0.05, 0.1) is 12.1 Å². The first-order valence-electron chi connectivity index (χ1n) is 6.89. The van der Waals surface area contributed by atoms with Gasteiger partial charge in [-0.25, -0.2) is 13.1 Å². The molecule has 0 amide bonds. The second-order valence-corrected chi connectivity index (χ2v) is 8.72. The minimum absolute atomic E-state index is 0.387. The quantitative estimate of drug-likeness (QED) is 0.834. The molecule has 2 fully saturated rings. The average molecular weight is 316 g/mol. The van der Waals surface area contributed by atoms with E-state index in [0.29, 0.717) is 29.9 Å². The Morgan fingerprint density at radius 1 is 1.50 bits per heavy atom. The van der Waals surface area contributed by atoms with Crippen LogP contribution >= 0.6 is 11.3 Å². The number of hydrogen-bond donors (Lipinski definition) is 2. The van der Waals surface area contributed by atoms with Crippen molar-refractivity contribution in [2.45, 2.75) is 48.5 Å². The van der Waals surface area contributed by atoms with E-state index in [4.69, 9.17) is 4.74 Å². The smallest absolute Gasteiger partial charge is 0.250 e. The third kappa shape index (κ3) is 3.40. The van der Waals surface area contributed by atoms with E-state index >= 15 is 0 Å². The first-order chi connectivity index (χ1) is 9.47. The van der Waals surface area contributed by atoms with Gasteiger partial charge in [-0.15, -0.1) is 11.3 Å². The van der Waals surface area contributed by atoms with E-state index in [9.17, 15) is 8.42 Å². The Bertz CT molecular complexity index is 572. The fourth-order valence-electron chi connectivity index (χ4n) is 2.26. The highest BCUT2D eigenvalue weighted by molar-refractivity contribution is 7.91. The highest BCUT2D eigenvalue weighted by Gasteiger charge is 2.35. The first kappa shape index (κ1) is 14.5. The Kier molecular flexibility index (Phi) is 3.89. The molecule has 1 aromatic heterocycles. The molecule has 1 saturated carbocycles. The van der Waals surface area contributed by atoms with Crippen LogP contribution in [0.5, 0.6) is 0 Å². The van der Waals surface area contributed by atoms with Gasteiger partial charge in [-0.3, -0.25) is 0 Å². The van der Waals surface area contributed by atoms with Crippen molar-refractivity contribution in [1.29, 1.82) is 0 Å². The molecule has 3 rings (SSSR count). The van der Waals surface area contributed by atoms with Crippen LogP contribution < -0.4 is 10.0 Å². The number of sulfonamides is 1. The van der Waals surface area contributed by atoms with Crippen LogP contribution in [0.2, 0.25) is 0 Å². The molecule has 112 valence electrons. The van der Waals surface area contributed by atoms with E-state index in [2.05, 4.69) is 10.0 Å². The van der Waals surface area contributed by atoms with Crippen molar-refractivity contribution < 1.29 is 13.2 Å². The molecule has 0 aromatic carbocycles. The third-order valence-corrected chi connectivity index (χ3v) is 6.79. The summed E-state index contributed by atoms with van der Waals surface area (Å²) in [4.78, 5) is 0. The van der Waals surface area contributed by atoms with Crippen LogP contribution in [0.1, 0.15) is 31.7 Å². The second kappa shape index (κ2) is 5.38. The maximum Gasteiger partial charge on any atom is 0.250 e. The Labute approximate surface area is 123 Å². The summed E-state index contributed by atoms with van der Waals surface area (Å²) in [6.45, 7) is 3.69. The second-order valence-electron chi connectivity index (χ2n) is 5.90. The molecule has 0 radical (unpaired) electrons. The lowest BCUT2D eigenvalue weighted by molar-refractivity contribution is 0.178. The van der Waals surface area contributed by atoms with E-state index in [-0.39, 0.29) is 0 Å².